The van der Waals surface area contributed by atoms with E-state index in [1.807, 2.05) is 127 Å². The summed E-state index contributed by atoms with van der Waals surface area (Å²) < 4.78 is 18.7. The number of aromatic nitrogens is 1. The molecule has 0 saturated carbocycles. The lowest BCUT2D eigenvalue weighted by atomic mass is 9.96. The number of para-hydroxylation sites is 1. The third kappa shape index (κ3) is 6.25. The van der Waals surface area contributed by atoms with Crippen molar-refractivity contribution in [3.05, 3.63) is 155 Å². The van der Waals surface area contributed by atoms with Crippen molar-refractivity contribution >= 4 is 16.9 Å². The summed E-state index contributed by atoms with van der Waals surface area (Å²) in [4.78, 5) is 17.5. The van der Waals surface area contributed by atoms with Crippen molar-refractivity contribution in [2.24, 2.45) is 0 Å². The third-order valence-electron chi connectivity index (χ3n) is 7.41. The van der Waals surface area contributed by atoms with Crippen molar-refractivity contribution in [2.45, 2.75) is 19.6 Å². The Morgan fingerprint density at radius 3 is 1.86 bits per heavy atom. The number of benzene rings is 5. The maximum atomic E-state index is 12.8. The van der Waals surface area contributed by atoms with Gasteiger partial charge in [-0.2, -0.15) is 0 Å². The van der Waals surface area contributed by atoms with Crippen molar-refractivity contribution in [1.29, 1.82) is 0 Å². The zero-order valence-electron chi connectivity index (χ0n) is 24.3. The third-order valence-corrected chi connectivity index (χ3v) is 7.41. The molecule has 5 aromatic carbocycles. The van der Waals surface area contributed by atoms with Crippen LogP contribution in [0.2, 0.25) is 0 Å². The fourth-order valence-electron chi connectivity index (χ4n) is 5.27. The fraction of sp³-hybridized carbons (Fsp3) is 0.105. The van der Waals surface area contributed by atoms with E-state index in [4.69, 9.17) is 19.2 Å². The molecule has 0 unspecified atom stereocenters. The number of carbonyl (C=O) groups is 1. The molecule has 0 aliphatic carbocycles. The van der Waals surface area contributed by atoms with Gasteiger partial charge < -0.3 is 19.3 Å². The summed E-state index contributed by atoms with van der Waals surface area (Å²) in [7, 11) is 1.64. The summed E-state index contributed by atoms with van der Waals surface area (Å²) in [6, 6.07) is 41.0. The molecule has 0 fully saturated rings. The van der Waals surface area contributed by atoms with E-state index in [-0.39, 0.29) is 18.9 Å². The Morgan fingerprint density at radius 1 is 0.682 bits per heavy atom. The van der Waals surface area contributed by atoms with Crippen LogP contribution in [0.1, 0.15) is 32.7 Å². The molecule has 0 saturated heterocycles. The van der Waals surface area contributed by atoms with Gasteiger partial charge >= 0.3 is 5.97 Å². The van der Waals surface area contributed by atoms with E-state index < -0.39 is 5.97 Å². The quantitative estimate of drug-likeness (QED) is 0.166. The molecular weight excluding hydrogens is 550 g/mol. The van der Waals surface area contributed by atoms with Gasteiger partial charge in [-0.25, -0.2) is 9.78 Å². The molecule has 0 aliphatic heterocycles. The van der Waals surface area contributed by atoms with Crippen LogP contribution >= 0.6 is 0 Å². The number of carboxylic acid groups (broad SMARTS) is 1. The molecule has 6 aromatic rings. The number of carboxylic acids is 1. The number of pyridine rings is 1. The van der Waals surface area contributed by atoms with Crippen LogP contribution in [-0.2, 0) is 19.6 Å². The number of rotatable bonds is 11. The van der Waals surface area contributed by atoms with Crippen LogP contribution < -0.4 is 14.2 Å². The Hall–Kier alpha value is -5.62. The number of hydrogen-bond donors (Lipinski definition) is 1. The largest absolute Gasteiger partial charge is 0.496 e. The fourth-order valence-corrected chi connectivity index (χ4v) is 5.27. The molecule has 44 heavy (non-hydrogen) atoms. The predicted octanol–water partition coefficient (Wildman–Crippen LogP) is 8.36. The molecule has 0 bridgehead atoms. The van der Waals surface area contributed by atoms with E-state index in [0.717, 1.165) is 27.8 Å². The number of ether oxygens (including phenoxy) is 3. The molecule has 0 radical (unpaired) electrons. The molecule has 6 rings (SSSR count). The summed E-state index contributed by atoms with van der Waals surface area (Å²) in [6.07, 6.45) is 0.328. The Bertz CT molecular complexity index is 1890. The lowest BCUT2D eigenvalue weighted by Crippen LogP contribution is -2.11. The highest BCUT2D eigenvalue weighted by Crippen LogP contribution is 2.42. The van der Waals surface area contributed by atoms with Gasteiger partial charge in [0, 0.05) is 22.9 Å². The summed E-state index contributed by atoms with van der Waals surface area (Å²) in [5, 5.41) is 11.1. The minimum atomic E-state index is -1.13. The number of nitrogens with zero attached hydrogens (tertiary/aromatic N) is 1. The summed E-state index contributed by atoms with van der Waals surface area (Å²) in [6.45, 7) is 0.529. The van der Waals surface area contributed by atoms with Crippen LogP contribution in [0.5, 0.6) is 17.2 Å². The molecule has 6 heteroatoms. The van der Waals surface area contributed by atoms with Gasteiger partial charge in [-0.15, -0.1) is 0 Å². The first-order chi connectivity index (χ1) is 21.6. The van der Waals surface area contributed by atoms with E-state index in [2.05, 4.69) is 0 Å². The first kappa shape index (κ1) is 28.5. The summed E-state index contributed by atoms with van der Waals surface area (Å²) in [5.41, 5.74) is 5.42. The molecule has 0 aliphatic rings. The monoisotopic (exact) mass is 581 g/mol. The Labute approximate surface area is 256 Å². The van der Waals surface area contributed by atoms with Crippen LogP contribution in [0.25, 0.3) is 22.0 Å². The normalized spacial score (nSPS) is 10.8. The topological polar surface area (TPSA) is 77.9 Å². The first-order valence-corrected chi connectivity index (χ1v) is 14.4. The zero-order chi connectivity index (χ0) is 30.3. The van der Waals surface area contributed by atoms with Crippen LogP contribution in [-0.4, -0.2) is 23.2 Å². The molecule has 1 N–H and O–H groups in total. The summed E-state index contributed by atoms with van der Waals surface area (Å²) in [5.74, 6) is 0.476. The lowest BCUT2D eigenvalue weighted by Gasteiger charge is -2.20. The van der Waals surface area contributed by atoms with Gasteiger partial charge in [0.25, 0.3) is 0 Å². The standard InChI is InChI=1S/C38H31NO5/c1-42-33-20-12-11-19-30(33)29-22-32-35(34(23-29)43-24-27-15-7-3-8-16-27)39-36(38(40)41)31(21-26-13-5-2-6-14-26)37(32)44-25-28-17-9-4-10-18-28/h2-20,22-23H,21,24-25H2,1H3,(H,40,41). The zero-order valence-corrected chi connectivity index (χ0v) is 24.3. The van der Waals surface area contributed by atoms with Gasteiger partial charge in [-0.3, -0.25) is 0 Å². The molecule has 1 aromatic heterocycles. The highest BCUT2D eigenvalue weighted by atomic mass is 16.5. The van der Waals surface area contributed by atoms with Gasteiger partial charge in [0.2, 0.25) is 0 Å². The second-order valence-corrected chi connectivity index (χ2v) is 10.4. The first-order valence-electron chi connectivity index (χ1n) is 14.4. The maximum Gasteiger partial charge on any atom is 0.354 e. The Morgan fingerprint density at radius 2 is 1.25 bits per heavy atom. The van der Waals surface area contributed by atoms with Crippen LogP contribution in [0.3, 0.4) is 0 Å². The van der Waals surface area contributed by atoms with E-state index in [0.29, 0.717) is 40.1 Å². The number of hydrogen-bond acceptors (Lipinski definition) is 5. The van der Waals surface area contributed by atoms with Crippen molar-refractivity contribution in [3.63, 3.8) is 0 Å². The number of methoxy groups -OCH3 is 1. The minimum absolute atomic E-state index is 0.0704. The predicted molar refractivity (Wildman–Crippen MR) is 171 cm³/mol. The molecule has 1 heterocycles. The van der Waals surface area contributed by atoms with Gasteiger partial charge in [-0.1, -0.05) is 109 Å². The number of aromatic carboxylic acids is 1. The van der Waals surface area contributed by atoms with Crippen molar-refractivity contribution in [2.75, 3.05) is 7.11 Å². The summed E-state index contributed by atoms with van der Waals surface area (Å²) >= 11 is 0. The SMILES string of the molecule is COc1ccccc1-c1cc(OCc2ccccc2)c2nc(C(=O)O)c(Cc3ccccc3)c(OCc3ccccc3)c2c1. The average molecular weight is 582 g/mol. The maximum absolute atomic E-state index is 12.8. The van der Waals surface area contributed by atoms with Gasteiger partial charge in [0.1, 0.15) is 36.0 Å². The van der Waals surface area contributed by atoms with Gasteiger partial charge in [0.15, 0.2) is 5.69 Å². The van der Waals surface area contributed by atoms with Crippen molar-refractivity contribution in [1.82, 2.24) is 4.98 Å². The highest BCUT2D eigenvalue weighted by molar-refractivity contribution is 6.00. The smallest absolute Gasteiger partial charge is 0.354 e. The second-order valence-electron chi connectivity index (χ2n) is 10.4. The van der Waals surface area contributed by atoms with E-state index in [9.17, 15) is 9.90 Å². The molecule has 6 nitrogen and oxygen atoms in total. The van der Waals surface area contributed by atoms with Crippen molar-refractivity contribution in [3.8, 4) is 28.4 Å². The highest BCUT2D eigenvalue weighted by Gasteiger charge is 2.25. The van der Waals surface area contributed by atoms with E-state index >= 15 is 0 Å². The van der Waals surface area contributed by atoms with Gasteiger partial charge in [-0.05, 0) is 40.5 Å². The molecule has 0 spiro atoms. The van der Waals surface area contributed by atoms with E-state index in [1.54, 1.807) is 7.11 Å². The second kappa shape index (κ2) is 13.1. The Kier molecular flexibility index (Phi) is 8.50. The molecule has 218 valence electrons. The van der Waals surface area contributed by atoms with Gasteiger partial charge in [0.05, 0.1) is 7.11 Å². The molecular formula is C38H31NO5. The molecule has 0 amide bonds. The van der Waals surface area contributed by atoms with Crippen LogP contribution in [0, 0.1) is 0 Å². The average Bonchev–Trinajstić information content (AvgIpc) is 3.07. The minimum Gasteiger partial charge on any atom is -0.496 e. The Balaban J connectivity index is 1.60. The van der Waals surface area contributed by atoms with E-state index in [1.165, 1.54) is 0 Å². The number of fused-ring (bicyclic) bond motifs is 1. The van der Waals surface area contributed by atoms with Crippen molar-refractivity contribution < 1.29 is 24.1 Å². The van der Waals surface area contributed by atoms with Crippen LogP contribution in [0.15, 0.2) is 127 Å². The van der Waals surface area contributed by atoms with Crippen LogP contribution in [0.4, 0.5) is 0 Å². The molecule has 0 atom stereocenters. The lowest BCUT2D eigenvalue weighted by molar-refractivity contribution is 0.0689.